The van der Waals surface area contributed by atoms with Crippen LogP contribution in [0.4, 0.5) is 5.69 Å². The Kier molecular flexibility index (Phi) is 6.29. The molecule has 4 rings (SSSR count). The molecule has 0 unspecified atom stereocenters. The van der Waals surface area contributed by atoms with E-state index in [0.717, 1.165) is 15.8 Å². The minimum atomic E-state index is -0.293. The van der Waals surface area contributed by atoms with E-state index in [4.69, 9.17) is 21.4 Å². The van der Waals surface area contributed by atoms with E-state index in [9.17, 15) is 4.79 Å². The first-order valence-electron chi connectivity index (χ1n) is 9.53. The zero-order valence-corrected chi connectivity index (χ0v) is 18.9. The summed E-state index contributed by atoms with van der Waals surface area (Å²) in [5, 5.41) is 5.87. The first-order valence-corrected chi connectivity index (χ1v) is 10.7. The summed E-state index contributed by atoms with van der Waals surface area (Å²) in [6.45, 7) is 2.56. The number of fused-ring (bicyclic) bond motifs is 1. The highest BCUT2D eigenvalue weighted by Gasteiger charge is 2.11. The second-order valence-corrected chi connectivity index (χ2v) is 7.90. The molecule has 2 N–H and O–H groups in total. The Bertz CT molecular complexity index is 1250. The Balaban J connectivity index is 1.46. The average Bonchev–Trinajstić information content (AvgIpc) is 3.18. The van der Waals surface area contributed by atoms with Crippen LogP contribution in [0.2, 0.25) is 0 Å². The van der Waals surface area contributed by atoms with E-state index in [-0.39, 0.29) is 11.0 Å². The van der Waals surface area contributed by atoms with Crippen LogP contribution in [0, 0.1) is 0 Å². The molecular weight excluding hydrogens is 478 g/mol. The van der Waals surface area contributed by atoms with Crippen molar-refractivity contribution >= 4 is 56.0 Å². The molecule has 0 bridgehead atoms. The number of halogens is 1. The molecular formula is C23H18BrN3O3S. The lowest BCUT2D eigenvalue weighted by molar-refractivity contribution is 0.0977. The van der Waals surface area contributed by atoms with Gasteiger partial charge in [-0.05, 0) is 79.8 Å². The number of aromatic nitrogens is 1. The normalized spacial score (nSPS) is 10.6. The van der Waals surface area contributed by atoms with Gasteiger partial charge in [0.25, 0.3) is 5.91 Å². The summed E-state index contributed by atoms with van der Waals surface area (Å²) in [6.07, 6.45) is 0. The molecule has 1 aromatic heterocycles. The monoisotopic (exact) mass is 495 g/mol. The molecule has 6 nitrogen and oxygen atoms in total. The molecule has 3 aromatic carbocycles. The second kappa shape index (κ2) is 9.28. The standard InChI is InChI=1S/C23H18BrN3O3S/c1-2-29-18-9-6-14(7-10-18)22-26-19-13-17(8-11-20(19)30-22)25-23(31)27-21(28)15-4-3-5-16(24)12-15/h3-13H,2H2,1H3,(H2,25,27,28,31). The van der Waals surface area contributed by atoms with Crippen LogP contribution in [-0.4, -0.2) is 22.6 Å². The number of carbonyl (C=O) groups excluding carboxylic acids is 1. The number of nitrogens with zero attached hydrogens (tertiary/aromatic N) is 1. The first kappa shape index (κ1) is 21.0. The number of amides is 1. The lowest BCUT2D eigenvalue weighted by Gasteiger charge is -2.09. The molecule has 0 fully saturated rings. The number of hydrogen-bond donors (Lipinski definition) is 2. The molecule has 0 aliphatic heterocycles. The van der Waals surface area contributed by atoms with Crippen molar-refractivity contribution in [3.8, 4) is 17.2 Å². The van der Waals surface area contributed by atoms with Crippen molar-refractivity contribution in [2.75, 3.05) is 11.9 Å². The van der Waals surface area contributed by atoms with Crippen LogP contribution in [-0.2, 0) is 0 Å². The van der Waals surface area contributed by atoms with Crippen LogP contribution in [0.25, 0.3) is 22.6 Å². The van der Waals surface area contributed by atoms with Gasteiger partial charge in [0.05, 0.1) is 6.61 Å². The first-order chi connectivity index (χ1) is 15.0. The van der Waals surface area contributed by atoms with Gasteiger partial charge in [-0.15, -0.1) is 0 Å². The molecule has 1 amide bonds. The fourth-order valence-electron chi connectivity index (χ4n) is 2.96. The molecule has 0 aliphatic carbocycles. The third-order valence-corrected chi connectivity index (χ3v) is 5.07. The van der Waals surface area contributed by atoms with Crippen LogP contribution in [0.3, 0.4) is 0 Å². The summed E-state index contributed by atoms with van der Waals surface area (Å²) < 4.78 is 12.1. The van der Waals surface area contributed by atoms with E-state index in [1.165, 1.54) is 0 Å². The Labute approximate surface area is 192 Å². The van der Waals surface area contributed by atoms with Crippen LogP contribution in [0.1, 0.15) is 17.3 Å². The topological polar surface area (TPSA) is 76.4 Å². The fourth-order valence-corrected chi connectivity index (χ4v) is 3.57. The summed E-state index contributed by atoms with van der Waals surface area (Å²) in [6, 6.07) is 20.1. The Hall–Kier alpha value is -3.23. The van der Waals surface area contributed by atoms with Crippen LogP contribution < -0.4 is 15.4 Å². The number of anilines is 1. The molecule has 0 saturated carbocycles. The van der Waals surface area contributed by atoms with Gasteiger partial charge < -0.3 is 14.5 Å². The predicted molar refractivity (Wildman–Crippen MR) is 128 cm³/mol. The van der Waals surface area contributed by atoms with Crippen molar-refractivity contribution < 1.29 is 13.9 Å². The highest BCUT2D eigenvalue weighted by molar-refractivity contribution is 9.10. The quantitative estimate of drug-likeness (QED) is 0.341. The maximum Gasteiger partial charge on any atom is 0.257 e. The largest absolute Gasteiger partial charge is 0.494 e. The Morgan fingerprint density at radius 1 is 1.13 bits per heavy atom. The van der Waals surface area contributed by atoms with Gasteiger partial charge in [-0.3, -0.25) is 10.1 Å². The summed E-state index contributed by atoms with van der Waals surface area (Å²) in [5.41, 5.74) is 3.38. The van der Waals surface area contributed by atoms with Gasteiger partial charge in [-0.1, -0.05) is 22.0 Å². The predicted octanol–water partition coefficient (Wildman–Crippen LogP) is 5.78. The zero-order valence-electron chi connectivity index (χ0n) is 16.5. The van der Waals surface area contributed by atoms with Crippen molar-refractivity contribution in [3.63, 3.8) is 0 Å². The van der Waals surface area contributed by atoms with E-state index in [1.54, 1.807) is 18.2 Å². The van der Waals surface area contributed by atoms with Gasteiger partial charge >= 0.3 is 0 Å². The fraction of sp³-hybridized carbons (Fsp3) is 0.0870. The minimum absolute atomic E-state index is 0.194. The van der Waals surface area contributed by atoms with Crippen molar-refractivity contribution in [2.45, 2.75) is 6.92 Å². The van der Waals surface area contributed by atoms with Crippen LogP contribution in [0.15, 0.2) is 75.6 Å². The number of hydrogen-bond acceptors (Lipinski definition) is 5. The van der Waals surface area contributed by atoms with Gasteiger partial charge in [-0.25, -0.2) is 4.98 Å². The van der Waals surface area contributed by atoms with Gasteiger partial charge in [0, 0.05) is 21.3 Å². The number of thiocarbonyl (C=S) groups is 1. The summed E-state index contributed by atoms with van der Waals surface area (Å²) in [7, 11) is 0. The van der Waals surface area contributed by atoms with Crippen molar-refractivity contribution in [1.82, 2.24) is 10.3 Å². The number of carbonyl (C=O) groups is 1. The number of rotatable bonds is 5. The number of benzene rings is 3. The van der Waals surface area contributed by atoms with Crippen molar-refractivity contribution in [3.05, 3.63) is 76.8 Å². The smallest absolute Gasteiger partial charge is 0.257 e. The molecule has 0 atom stereocenters. The third kappa shape index (κ3) is 5.10. The van der Waals surface area contributed by atoms with Gasteiger partial charge in [0.2, 0.25) is 5.89 Å². The van der Waals surface area contributed by atoms with E-state index < -0.39 is 0 Å². The maximum atomic E-state index is 12.3. The Morgan fingerprint density at radius 3 is 2.68 bits per heavy atom. The molecule has 0 radical (unpaired) electrons. The molecule has 156 valence electrons. The molecule has 0 saturated heterocycles. The maximum absolute atomic E-state index is 12.3. The van der Waals surface area contributed by atoms with Crippen LogP contribution in [0.5, 0.6) is 5.75 Å². The third-order valence-electron chi connectivity index (χ3n) is 4.37. The van der Waals surface area contributed by atoms with E-state index in [0.29, 0.717) is 34.8 Å². The Morgan fingerprint density at radius 2 is 1.94 bits per heavy atom. The van der Waals surface area contributed by atoms with Gasteiger partial charge in [0.15, 0.2) is 10.7 Å². The number of nitrogens with one attached hydrogen (secondary N) is 2. The molecule has 8 heteroatoms. The molecule has 0 spiro atoms. The minimum Gasteiger partial charge on any atom is -0.494 e. The van der Waals surface area contributed by atoms with E-state index >= 15 is 0 Å². The highest BCUT2D eigenvalue weighted by Crippen LogP contribution is 2.27. The van der Waals surface area contributed by atoms with E-state index in [2.05, 4.69) is 31.5 Å². The molecule has 4 aromatic rings. The summed E-state index contributed by atoms with van der Waals surface area (Å²) in [5.74, 6) is 1.02. The van der Waals surface area contributed by atoms with Crippen molar-refractivity contribution in [2.24, 2.45) is 0 Å². The average molecular weight is 496 g/mol. The number of ether oxygens (including phenoxy) is 1. The van der Waals surface area contributed by atoms with Gasteiger partial charge in [0.1, 0.15) is 11.3 Å². The number of oxazole rings is 1. The lowest BCUT2D eigenvalue weighted by atomic mass is 10.2. The highest BCUT2D eigenvalue weighted by atomic mass is 79.9. The zero-order chi connectivity index (χ0) is 21.8. The summed E-state index contributed by atoms with van der Waals surface area (Å²) >= 11 is 8.62. The van der Waals surface area contributed by atoms with Crippen LogP contribution >= 0.6 is 28.1 Å². The lowest BCUT2D eigenvalue weighted by Crippen LogP contribution is -2.34. The molecule has 0 aliphatic rings. The molecule has 31 heavy (non-hydrogen) atoms. The SMILES string of the molecule is CCOc1ccc(-c2nc3cc(NC(=S)NC(=O)c4cccc(Br)c4)ccc3o2)cc1. The van der Waals surface area contributed by atoms with Gasteiger partial charge in [-0.2, -0.15) is 0 Å². The molecule has 1 heterocycles. The summed E-state index contributed by atoms with van der Waals surface area (Å²) in [4.78, 5) is 16.9. The second-order valence-electron chi connectivity index (χ2n) is 6.58. The van der Waals surface area contributed by atoms with Crippen molar-refractivity contribution in [1.29, 1.82) is 0 Å². The van der Waals surface area contributed by atoms with E-state index in [1.807, 2.05) is 55.5 Å².